The van der Waals surface area contributed by atoms with Gasteiger partial charge in [-0.15, -0.1) is 0 Å². The average molecular weight is 403 g/mol. The van der Waals surface area contributed by atoms with Crippen LogP contribution in [-0.2, 0) is 17.8 Å². The van der Waals surface area contributed by atoms with E-state index in [-0.39, 0.29) is 12.4 Å². The second-order valence-electron chi connectivity index (χ2n) is 6.87. The first-order valence-corrected chi connectivity index (χ1v) is 9.60. The number of anilines is 1. The van der Waals surface area contributed by atoms with E-state index in [1.807, 2.05) is 49.4 Å². The zero-order valence-electron chi connectivity index (χ0n) is 17.1. The summed E-state index contributed by atoms with van der Waals surface area (Å²) in [7, 11) is 1.35. The maximum Gasteiger partial charge on any atom is 0.337 e. The van der Waals surface area contributed by atoms with Crippen molar-refractivity contribution in [2.45, 2.75) is 20.0 Å². The molecule has 0 bridgehead atoms. The maximum atomic E-state index is 12.2. The number of methoxy groups -OCH3 is 1. The zero-order valence-corrected chi connectivity index (χ0v) is 17.1. The quantitative estimate of drug-likeness (QED) is 0.237. The Morgan fingerprint density at radius 2 is 1.73 bits per heavy atom. The predicted octanol–water partition coefficient (Wildman–Crippen LogP) is 4.15. The SMILES string of the molecule is CCc1c(N)cccc1OCc1cc(C(=O)OC)cc(-c2cccc(C(=N)N)c2)c1. The van der Waals surface area contributed by atoms with E-state index in [1.165, 1.54) is 7.11 Å². The number of esters is 1. The number of nitrogens with two attached hydrogens (primary N) is 2. The molecule has 0 aliphatic carbocycles. The Bertz CT molecular complexity index is 1090. The number of carbonyl (C=O) groups is 1. The minimum absolute atomic E-state index is 0.0155. The van der Waals surface area contributed by atoms with Crippen molar-refractivity contribution < 1.29 is 14.3 Å². The fourth-order valence-electron chi connectivity index (χ4n) is 3.30. The van der Waals surface area contributed by atoms with Crippen molar-refractivity contribution in [3.05, 3.63) is 82.9 Å². The van der Waals surface area contributed by atoms with Crippen LogP contribution in [0.1, 0.15) is 34.0 Å². The van der Waals surface area contributed by atoms with Crippen molar-refractivity contribution in [1.82, 2.24) is 0 Å². The van der Waals surface area contributed by atoms with Crippen molar-refractivity contribution >= 4 is 17.5 Å². The van der Waals surface area contributed by atoms with Gasteiger partial charge >= 0.3 is 5.97 Å². The van der Waals surface area contributed by atoms with Gasteiger partial charge in [0.05, 0.1) is 12.7 Å². The lowest BCUT2D eigenvalue weighted by atomic mass is 9.98. The minimum Gasteiger partial charge on any atom is -0.489 e. The van der Waals surface area contributed by atoms with Crippen LogP contribution in [0, 0.1) is 5.41 Å². The topological polar surface area (TPSA) is 111 Å². The molecule has 0 saturated carbocycles. The molecule has 6 nitrogen and oxygen atoms in total. The van der Waals surface area contributed by atoms with Gasteiger partial charge in [-0.2, -0.15) is 0 Å². The molecular weight excluding hydrogens is 378 g/mol. The lowest BCUT2D eigenvalue weighted by molar-refractivity contribution is 0.0600. The van der Waals surface area contributed by atoms with Gasteiger partial charge in [-0.3, -0.25) is 5.41 Å². The first-order valence-electron chi connectivity index (χ1n) is 9.60. The Hall–Kier alpha value is -3.80. The number of nitrogens with one attached hydrogen (secondary N) is 1. The molecule has 5 N–H and O–H groups in total. The number of hydrogen-bond donors (Lipinski definition) is 3. The fourth-order valence-corrected chi connectivity index (χ4v) is 3.30. The second-order valence-corrected chi connectivity index (χ2v) is 6.87. The Balaban J connectivity index is 1.98. The number of nitrogen functional groups attached to an aromatic ring is 2. The molecule has 3 aromatic rings. The smallest absolute Gasteiger partial charge is 0.337 e. The van der Waals surface area contributed by atoms with Gasteiger partial charge in [-0.1, -0.05) is 31.2 Å². The van der Waals surface area contributed by atoms with E-state index in [2.05, 4.69) is 0 Å². The van der Waals surface area contributed by atoms with E-state index in [4.69, 9.17) is 26.4 Å². The Morgan fingerprint density at radius 3 is 2.43 bits per heavy atom. The van der Waals surface area contributed by atoms with Gasteiger partial charge < -0.3 is 20.9 Å². The second kappa shape index (κ2) is 9.13. The highest BCUT2D eigenvalue weighted by Crippen LogP contribution is 2.28. The molecule has 0 amide bonds. The van der Waals surface area contributed by atoms with Gasteiger partial charge in [0.2, 0.25) is 0 Å². The Morgan fingerprint density at radius 1 is 1.00 bits per heavy atom. The molecule has 0 spiro atoms. The molecule has 0 aromatic heterocycles. The van der Waals surface area contributed by atoms with Gasteiger partial charge in [0.25, 0.3) is 0 Å². The van der Waals surface area contributed by atoms with Crippen LogP contribution in [0.5, 0.6) is 5.75 Å². The highest BCUT2D eigenvalue weighted by Gasteiger charge is 2.12. The lowest BCUT2D eigenvalue weighted by Gasteiger charge is -2.14. The van der Waals surface area contributed by atoms with Crippen LogP contribution < -0.4 is 16.2 Å². The summed E-state index contributed by atoms with van der Waals surface area (Å²) in [5.41, 5.74) is 16.8. The first-order chi connectivity index (χ1) is 14.4. The summed E-state index contributed by atoms with van der Waals surface area (Å²) in [5, 5.41) is 7.67. The molecule has 0 radical (unpaired) electrons. The van der Waals surface area contributed by atoms with Gasteiger partial charge in [0.15, 0.2) is 0 Å². The standard InChI is InChI=1S/C24H25N3O3/c1-3-20-21(25)8-5-9-22(20)30-14-15-10-18(13-19(11-15)24(28)29-2)16-6-4-7-17(12-16)23(26)27/h4-13H,3,14,25H2,1-2H3,(H3,26,27). The number of rotatable bonds is 7. The maximum absolute atomic E-state index is 12.2. The zero-order chi connectivity index (χ0) is 21.7. The summed E-state index contributed by atoms with van der Waals surface area (Å²) in [6, 6.07) is 18.4. The van der Waals surface area contributed by atoms with Crippen molar-refractivity contribution in [3.8, 4) is 16.9 Å². The number of hydrogen-bond acceptors (Lipinski definition) is 5. The third-order valence-electron chi connectivity index (χ3n) is 4.84. The average Bonchev–Trinajstić information content (AvgIpc) is 2.77. The predicted molar refractivity (Wildman–Crippen MR) is 119 cm³/mol. The molecule has 0 fully saturated rings. The molecule has 0 aliphatic rings. The molecule has 6 heteroatoms. The van der Waals surface area contributed by atoms with E-state index in [0.717, 1.165) is 34.4 Å². The summed E-state index contributed by atoms with van der Waals surface area (Å²) in [5.74, 6) is 0.276. The molecule has 30 heavy (non-hydrogen) atoms. The molecule has 0 saturated heterocycles. The number of carbonyl (C=O) groups excluding carboxylic acids is 1. The van der Waals surface area contributed by atoms with Crippen molar-refractivity contribution in [2.75, 3.05) is 12.8 Å². The summed E-state index contributed by atoms with van der Waals surface area (Å²) in [6.45, 7) is 2.29. The lowest BCUT2D eigenvalue weighted by Crippen LogP contribution is -2.10. The summed E-state index contributed by atoms with van der Waals surface area (Å²) >= 11 is 0. The Labute approximate surface area is 175 Å². The highest BCUT2D eigenvalue weighted by atomic mass is 16.5. The molecule has 3 rings (SSSR count). The molecule has 0 heterocycles. The van der Waals surface area contributed by atoms with E-state index in [1.54, 1.807) is 18.2 Å². The van der Waals surface area contributed by atoms with E-state index in [0.29, 0.717) is 16.8 Å². The van der Waals surface area contributed by atoms with E-state index >= 15 is 0 Å². The normalized spacial score (nSPS) is 10.5. The van der Waals surface area contributed by atoms with Crippen molar-refractivity contribution in [3.63, 3.8) is 0 Å². The third kappa shape index (κ3) is 4.60. The third-order valence-corrected chi connectivity index (χ3v) is 4.84. The van der Waals surface area contributed by atoms with Gasteiger partial charge in [0, 0.05) is 16.8 Å². The van der Waals surface area contributed by atoms with Crippen LogP contribution in [0.3, 0.4) is 0 Å². The van der Waals surface area contributed by atoms with Crippen molar-refractivity contribution in [2.24, 2.45) is 5.73 Å². The summed E-state index contributed by atoms with van der Waals surface area (Å²) < 4.78 is 10.9. The molecule has 0 atom stereocenters. The van der Waals surface area contributed by atoms with Crippen LogP contribution in [0.15, 0.2) is 60.7 Å². The number of amidine groups is 1. The first kappa shape index (κ1) is 20.9. The van der Waals surface area contributed by atoms with Gasteiger partial charge in [-0.25, -0.2) is 4.79 Å². The number of benzene rings is 3. The van der Waals surface area contributed by atoms with Gasteiger partial charge in [-0.05, 0) is 59.5 Å². The van der Waals surface area contributed by atoms with Crippen LogP contribution in [0.25, 0.3) is 11.1 Å². The van der Waals surface area contributed by atoms with E-state index < -0.39 is 5.97 Å². The van der Waals surface area contributed by atoms with Crippen LogP contribution >= 0.6 is 0 Å². The minimum atomic E-state index is -0.431. The van der Waals surface area contributed by atoms with Crippen LogP contribution in [-0.4, -0.2) is 18.9 Å². The Kier molecular flexibility index (Phi) is 6.37. The molecule has 154 valence electrons. The van der Waals surface area contributed by atoms with Crippen molar-refractivity contribution in [1.29, 1.82) is 5.41 Å². The fraction of sp³-hybridized carbons (Fsp3) is 0.167. The summed E-state index contributed by atoms with van der Waals surface area (Å²) in [6.07, 6.45) is 0.757. The molecular formula is C24H25N3O3. The van der Waals surface area contributed by atoms with E-state index in [9.17, 15) is 4.79 Å². The van der Waals surface area contributed by atoms with Gasteiger partial charge in [0.1, 0.15) is 18.2 Å². The molecule has 0 unspecified atom stereocenters. The number of ether oxygens (including phenoxy) is 2. The monoisotopic (exact) mass is 403 g/mol. The van der Waals surface area contributed by atoms with Crippen LogP contribution in [0.4, 0.5) is 5.69 Å². The van der Waals surface area contributed by atoms with Crippen LogP contribution in [0.2, 0.25) is 0 Å². The molecule has 0 aliphatic heterocycles. The summed E-state index contributed by atoms with van der Waals surface area (Å²) in [4.78, 5) is 12.2. The molecule has 3 aromatic carbocycles. The largest absolute Gasteiger partial charge is 0.489 e. The highest BCUT2D eigenvalue weighted by molar-refractivity contribution is 5.96.